The molecular weight excluding hydrogens is 492 g/mol. The number of carbonyl (C=O) groups is 3. The molecule has 1 atom stereocenters. The van der Waals surface area contributed by atoms with E-state index < -0.39 is 11.6 Å². The number of nitrogens with zero attached hydrogens (tertiary/aromatic N) is 5. The molecule has 10 nitrogen and oxygen atoms in total. The maximum absolute atomic E-state index is 13.6. The molecule has 1 unspecified atom stereocenters. The highest BCUT2D eigenvalue weighted by Gasteiger charge is 2.51. The van der Waals surface area contributed by atoms with E-state index >= 15 is 0 Å². The lowest BCUT2D eigenvalue weighted by Crippen LogP contribution is -2.58. The van der Waals surface area contributed by atoms with Crippen LogP contribution in [0.1, 0.15) is 62.5 Å². The topological polar surface area (TPSA) is 118 Å². The molecule has 0 aliphatic carbocycles. The summed E-state index contributed by atoms with van der Waals surface area (Å²) in [7, 11) is 0. The first kappa shape index (κ1) is 25.6. The lowest BCUT2D eigenvalue weighted by molar-refractivity contribution is -0.134. The number of rotatable bonds is 4. The highest BCUT2D eigenvalue weighted by Crippen LogP contribution is 2.38. The van der Waals surface area contributed by atoms with Crippen LogP contribution in [0.25, 0.3) is 10.2 Å². The van der Waals surface area contributed by atoms with E-state index in [0.29, 0.717) is 40.4 Å². The second kappa shape index (κ2) is 9.68. The zero-order valence-electron chi connectivity index (χ0n) is 21.8. The minimum Gasteiger partial charge on any atom is -0.465 e. The van der Waals surface area contributed by atoms with Crippen molar-refractivity contribution in [3.05, 3.63) is 23.4 Å². The van der Waals surface area contributed by atoms with E-state index in [9.17, 15) is 19.5 Å². The third kappa shape index (κ3) is 4.59. The number of hydrogen-bond donors (Lipinski definition) is 2. The predicted molar refractivity (Wildman–Crippen MR) is 144 cm³/mol. The Hall–Kier alpha value is -3.05. The average Bonchev–Trinajstić information content (AvgIpc) is 3.30. The summed E-state index contributed by atoms with van der Waals surface area (Å²) in [5.74, 6) is 0.748. The quantitative estimate of drug-likeness (QED) is 0.626. The molecule has 198 valence electrons. The number of carboxylic acid groups (broad SMARTS) is 1. The molecule has 3 aliphatic heterocycles. The van der Waals surface area contributed by atoms with Crippen LogP contribution in [0.3, 0.4) is 0 Å². The highest BCUT2D eigenvalue weighted by molar-refractivity contribution is 7.23. The van der Waals surface area contributed by atoms with Crippen LogP contribution in [-0.2, 0) is 4.79 Å². The largest absolute Gasteiger partial charge is 0.465 e. The van der Waals surface area contributed by atoms with Crippen LogP contribution in [0, 0.1) is 6.92 Å². The monoisotopic (exact) mass is 526 g/mol. The van der Waals surface area contributed by atoms with Gasteiger partial charge in [0.25, 0.3) is 11.8 Å². The summed E-state index contributed by atoms with van der Waals surface area (Å²) in [6.45, 7) is 10.5. The fourth-order valence-electron chi connectivity index (χ4n) is 6.10. The van der Waals surface area contributed by atoms with Gasteiger partial charge in [0.05, 0.1) is 5.56 Å². The Balaban J connectivity index is 1.30. The minimum atomic E-state index is -1.20. The van der Waals surface area contributed by atoms with Crippen molar-refractivity contribution >= 4 is 50.3 Å². The van der Waals surface area contributed by atoms with E-state index in [-0.39, 0.29) is 23.9 Å². The number of piperidine rings is 2. The smallest absolute Gasteiger partial charge is 0.409 e. The molecule has 2 fully saturated rings. The second-order valence-electron chi connectivity index (χ2n) is 10.6. The maximum atomic E-state index is 13.6. The standard InChI is InChI=1S/C26H34N6O4S/c1-15(2)32-17(4)29-26(24(32)34)10-5-11-31(14-26)18-8-12-30(13-9-18)23(33)20-19-7-6-16(3)27-21(19)37-22(20)28-25(35)36/h6-7,15,18,28H,5,8-14H2,1-4H3,(H,35,36). The first-order valence-corrected chi connectivity index (χ1v) is 13.7. The van der Waals surface area contributed by atoms with Gasteiger partial charge >= 0.3 is 6.09 Å². The molecule has 0 bridgehead atoms. The van der Waals surface area contributed by atoms with Gasteiger partial charge in [0.2, 0.25) is 0 Å². The van der Waals surface area contributed by atoms with Crippen molar-refractivity contribution in [1.82, 2.24) is 19.7 Å². The van der Waals surface area contributed by atoms with E-state index in [1.807, 2.05) is 49.6 Å². The molecule has 3 amide bonds. The summed E-state index contributed by atoms with van der Waals surface area (Å²) >= 11 is 1.19. The first-order valence-electron chi connectivity index (χ1n) is 12.9. The Morgan fingerprint density at radius 3 is 2.57 bits per heavy atom. The third-order valence-corrected chi connectivity index (χ3v) is 8.77. The fourth-order valence-corrected chi connectivity index (χ4v) is 7.20. The van der Waals surface area contributed by atoms with Crippen molar-refractivity contribution < 1.29 is 19.5 Å². The molecule has 2 saturated heterocycles. The Kier molecular flexibility index (Phi) is 6.70. The number of aromatic nitrogens is 1. The van der Waals surface area contributed by atoms with E-state index in [1.165, 1.54) is 11.3 Å². The van der Waals surface area contributed by atoms with Crippen LogP contribution >= 0.6 is 11.3 Å². The number of pyridine rings is 1. The summed E-state index contributed by atoms with van der Waals surface area (Å²) in [6, 6.07) is 4.05. The van der Waals surface area contributed by atoms with Gasteiger partial charge in [-0.25, -0.2) is 9.78 Å². The van der Waals surface area contributed by atoms with Gasteiger partial charge in [0, 0.05) is 42.8 Å². The van der Waals surface area contributed by atoms with Crippen LogP contribution in [0.5, 0.6) is 0 Å². The number of amidine groups is 1. The van der Waals surface area contributed by atoms with Crippen molar-refractivity contribution in [3.63, 3.8) is 0 Å². The van der Waals surface area contributed by atoms with Crippen molar-refractivity contribution in [2.75, 3.05) is 31.5 Å². The van der Waals surface area contributed by atoms with E-state index in [1.54, 1.807) is 0 Å². The summed E-state index contributed by atoms with van der Waals surface area (Å²) in [4.78, 5) is 54.4. The summed E-state index contributed by atoms with van der Waals surface area (Å²) in [5, 5.41) is 12.7. The van der Waals surface area contributed by atoms with Gasteiger partial charge in [-0.15, -0.1) is 0 Å². The molecule has 2 aromatic rings. The lowest BCUT2D eigenvalue weighted by Gasteiger charge is -2.44. The Labute approximate surface area is 220 Å². The number of nitrogens with one attached hydrogen (secondary N) is 1. The number of aliphatic imine (C=N–C) groups is 1. The number of amides is 3. The Morgan fingerprint density at radius 2 is 1.92 bits per heavy atom. The fraction of sp³-hybridized carbons (Fsp3) is 0.577. The molecule has 5 rings (SSSR count). The van der Waals surface area contributed by atoms with E-state index in [2.05, 4.69) is 15.2 Å². The molecule has 37 heavy (non-hydrogen) atoms. The van der Waals surface area contributed by atoms with Crippen molar-refractivity contribution in [2.24, 2.45) is 4.99 Å². The third-order valence-electron chi connectivity index (χ3n) is 7.76. The second-order valence-corrected chi connectivity index (χ2v) is 11.6. The molecule has 2 N–H and O–H groups in total. The van der Waals surface area contributed by atoms with Crippen LogP contribution < -0.4 is 5.32 Å². The van der Waals surface area contributed by atoms with Gasteiger partial charge in [0.1, 0.15) is 15.7 Å². The number of aryl methyl sites for hydroxylation is 1. The van der Waals surface area contributed by atoms with Crippen LogP contribution in [0.4, 0.5) is 9.80 Å². The summed E-state index contributed by atoms with van der Waals surface area (Å²) in [6.07, 6.45) is 2.09. The molecule has 0 radical (unpaired) electrons. The van der Waals surface area contributed by atoms with E-state index in [4.69, 9.17) is 4.99 Å². The summed E-state index contributed by atoms with van der Waals surface area (Å²) < 4.78 is 0. The molecular formula is C26H34N6O4S. The van der Waals surface area contributed by atoms with Gasteiger partial charge in [-0.3, -0.25) is 29.7 Å². The normalized spacial score (nSPS) is 23.4. The van der Waals surface area contributed by atoms with Crippen molar-refractivity contribution in [1.29, 1.82) is 0 Å². The average molecular weight is 527 g/mol. The van der Waals surface area contributed by atoms with E-state index in [0.717, 1.165) is 43.8 Å². The van der Waals surface area contributed by atoms with Gasteiger partial charge in [-0.05, 0) is 72.1 Å². The number of fused-ring (bicyclic) bond motifs is 1. The van der Waals surface area contributed by atoms with Gasteiger partial charge in [-0.2, -0.15) is 0 Å². The molecule has 1 spiro atoms. The molecule has 3 aliphatic rings. The van der Waals surface area contributed by atoms with Gasteiger partial charge < -0.3 is 10.0 Å². The molecule has 5 heterocycles. The zero-order valence-corrected chi connectivity index (χ0v) is 22.6. The first-order chi connectivity index (χ1) is 17.6. The predicted octanol–water partition coefficient (Wildman–Crippen LogP) is 3.80. The number of carbonyl (C=O) groups excluding carboxylic acids is 2. The number of hydrogen-bond acceptors (Lipinski definition) is 7. The lowest BCUT2D eigenvalue weighted by atomic mass is 9.87. The maximum Gasteiger partial charge on any atom is 0.409 e. The highest BCUT2D eigenvalue weighted by atomic mass is 32.1. The minimum absolute atomic E-state index is 0.0908. The zero-order chi connectivity index (χ0) is 26.5. The van der Waals surface area contributed by atoms with Crippen LogP contribution in [0.2, 0.25) is 0 Å². The number of likely N-dealkylation sites (tertiary alicyclic amines) is 2. The SMILES string of the molecule is CC1=NC2(CCCN(C3CCN(C(=O)c4c(NC(=O)O)sc5nc(C)ccc45)CC3)C2)C(=O)N1C(C)C. The molecule has 2 aromatic heterocycles. The molecule has 0 aromatic carbocycles. The van der Waals surface area contributed by atoms with Crippen LogP contribution in [-0.4, -0.2) is 92.3 Å². The number of anilines is 1. The molecule has 0 saturated carbocycles. The summed E-state index contributed by atoms with van der Waals surface area (Å²) in [5.41, 5.74) is 0.504. The number of thiophene rings is 1. The van der Waals surface area contributed by atoms with Crippen molar-refractivity contribution in [2.45, 2.75) is 71.0 Å². The molecule has 11 heteroatoms. The van der Waals surface area contributed by atoms with Gasteiger partial charge in [-0.1, -0.05) is 11.3 Å². The Bertz CT molecular complexity index is 1280. The van der Waals surface area contributed by atoms with Gasteiger partial charge in [0.15, 0.2) is 5.54 Å². The van der Waals surface area contributed by atoms with Crippen molar-refractivity contribution in [3.8, 4) is 0 Å². The van der Waals surface area contributed by atoms with Crippen LogP contribution in [0.15, 0.2) is 17.1 Å². The Morgan fingerprint density at radius 1 is 1.19 bits per heavy atom.